The van der Waals surface area contributed by atoms with Crippen LogP contribution < -0.4 is 0 Å². The molecule has 5 atom stereocenters. The maximum Gasteiger partial charge on any atom is 0.472 e. The Balaban J connectivity index is 5.31. The van der Waals surface area contributed by atoms with Gasteiger partial charge in [0.2, 0.25) is 0 Å². The number of aliphatic hydroxyl groups is 1. The number of carbonyl (C=O) groups is 4. The molecule has 0 heterocycles. The predicted molar refractivity (Wildman–Crippen MR) is 409 cm³/mol. The van der Waals surface area contributed by atoms with E-state index in [-0.39, 0.29) is 25.7 Å². The molecular weight excluding hydrogens is 1310 g/mol. The van der Waals surface area contributed by atoms with E-state index in [4.69, 9.17) is 37.0 Å². The van der Waals surface area contributed by atoms with E-state index in [0.29, 0.717) is 25.7 Å². The highest BCUT2D eigenvalue weighted by Crippen LogP contribution is 2.45. The lowest BCUT2D eigenvalue weighted by Gasteiger charge is -2.21. The van der Waals surface area contributed by atoms with Crippen molar-refractivity contribution in [2.75, 3.05) is 39.6 Å². The number of aliphatic hydroxyl groups excluding tert-OH is 1. The van der Waals surface area contributed by atoms with Gasteiger partial charge in [0.25, 0.3) is 0 Å². The second-order valence-corrected chi connectivity index (χ2v) is 31.0. The molecule has 0 aliphatic carbocycles. The Morgan fingerprint density at radius 1 is 0.280 bits per heavy atom. The van der Waals surface area contributed by atoms with Crippen LogP contribution in [-0.4, -0.2) is 96.7 Å². The van der Waals surface area contributed by atoms with Crippen LogP contribution in [-0.2, 0) is 65.4 Å². The number of phosphoric acid groups is 2. The maximum absolute atomic E-state index is 13.1. The fraction of sp³-hybridized carbons (Fsp3) is 0.877. The third-order valence-corrected chi connectivity index (χ3v) is 20.0. The second kappa shape index (κ2) is 74.5. The summed E-state index contributed by atoms with van der Waals surface area (Å²) >= 11 is 0. The van der Waals surface area contributed by atoms with Gasteiger partial charge in [0.1, 0.15) is 19.3 Å². The molecule has 0 saturated heterocycles. The van der Waals surface area contributed by atoms with Crippen LogP contribution in [0.2, 0.25) is 0 Å². The number of hydrogen-bond acceptors (Lipinski definition) is 15. The number of carbonyl (C=O) groups excluding carboxylic acids is 4. The van der Waals surface area contributed by atoms with Gasteiger partial charge < -0.3 is 33.8 Å². The van der Waals surface area contributed by atoms with Gasteiger partial charge >= 0.3 is 39.5 Å². The molecule has 0 aliphatic heterocycles. The van der Waals surface area contributed by atoms with Gasteiger partial charge in [-0.2, -0.15) is 0 Å². The molecule has 0 aromatic heterocycles. The van der Waals surface area contributed by atoms with Gasteiger partial charge in [0, 0.05) is 25.7 Å². The monoisotopic (exact) mass is 1460 g/mol. The number of phosphoric ester groups is 2. The van der Waals surface area contributed by atoms with E-state index in [1.165, 1.54) is 193 Å². The van der Waals surface area contributed by atoms with Gasteiger partial charge in [-0.3, -0.25) is 37.3 Å². The zero-order chi connectivity index (χ0) is 73.2. The molecular formula is C81H152O17P2. The van der Waals surface area contributed by atoms with Gasteiger partial charge in [-0.05, 0) is 83.5 Å². The van der Waals surface area contributed by atoms with Gasteiger partial charge in [0.05, 0.1) is 26.4 Å². The molecule has 0 aromatic carbocycles. The first-order valence-corrected chi connectivity index (χ1v) is 44.2. The molecule has 19 heteroatoms. The summed E-state index contributed by atoms with van der Waals surface area (Å²) in [6, 6.07) is 0. The smallest absolute Gasteiger partial charge is 0.462 e. The SMILES string of the molecule is CCCCC/C=C\C/C=C\CCCCCCCC(=O)O[C@H](COC(=O)CCCCCCCCCCCCCCC)COP(=O)(O)OC[C@H](O)COP(=O)(O)OC[C@@H](COC(=O)CCCCCCC/C=C\CCCCCCCC)OC(=O)CCCCCCCCCCCCCCCCCCC. The highest BCUT2D eigenvalue weighted by molar-refractivity contribution is 7.47. The van der Waals surface area contributed by atoms with Crippen molar-refractivity contribution in [3.8, 4) is 0 Å². The molecule has 0 fully saturated rings. The molecule has 588 valence electrons. The summed E-state index contributed by atoms with van der Waals surface area (Å²) in [4.78, 5) is 73.0. The number of rotatable bonds is 79. The molecule has 0 rings (SSSR count). The van der Waals surface area contributed by atoms with Crippen molar-refractivity contribution in [1.82, 2.24) is 0 Å². The van der Waals surface area contributed by atoms with Crippen molar-refractivity contribution in [2.24, 2.45) is 0 Å². The van der Waals surface area contributed by atoms with Crippen LogP contribution in [0.1, 0.15) is 400 Å². The molecule has 0 aliphatic rings. The topological polar surface area (TPSA) is 237 Å². The minimum absolute atomic E-state index is 0.0863. The molecule has 0 saturated carbocycles. The summed E-state index contributed by atoms with van der Waals surface area (Å²) in [5.74, 6) is -2.15. The molecule has 17 nitrogen and oxygen atoms in total. The number of allylic oxidation sites excluding steroid dienone is 6. The Hall–Kier alpha value is -2.72. The molecule has 3 N–H and O–H groups in total. The van der Waals surface area contributed by atoms with Crippen LogP contribution in [0, 0.1) is 0 Å². The maximum atomic E-state index is 13.1. The summed E-state index contributed by atoms with van der Waals surface area (Å²) in [6.07, 6.45) is 71.1. The molecule has 2 unspecified atom stereocenters. The fourth-order valence-corrected chi connectivity index (χ4v) is 13.4. The summed E-state index contributed by atoms with van der Waals surface area (Å²) in [7, 11) is -9.94. The van der Waals surface area contributed by atoms with Crippen molar-refractivity contribution < 1.29 is 80.2 Å². The molecule has 100 heavy (non-hydrogen) atoms. The van der Waals surface area contributed by atoms with Crippen LogP contribution in [0.15, 0.2) is 36.5 Å². The van der Waals surface area contributed by atoms with Crippen LogP contribution in [0.5, 0.6) is 0 Å². The number of hydrogen-bond donors (Lipinski definition) is 3. The van der Waals surface area contributed by atoms with Crippen LogP contribution in [0.3, 0.4) is 0 Å². The van der Waals surface area contributed by atoms with E-state index in [2.05, 4.69) is 64.2 Å². The predicted octanol–water partition coefficient (Wildman–Crippen LogP) is 23.9. The first-order valence-electron chi connectivity index (χ1n) is 41.2. The first-order chi connectivity index (χ1) is 48.7. The Morgan fingerprint density at radius 2 is 0.490 bits per heavy atom. The Bertz CT molecular complexity index is 2040. The third-order valence-electron chi connectivity index (χ3n) is 18.1. The first kappa shape index (κ1) is 97.3. The second-order valence-electron chi connectivity index (χ2n) is 28.1. The Kier molecular flexibility index (Phi) is 72.5. The average molecular weight is 1460 g/mol. The number of ether oxygens (including phenoxy) is 4. The Morgan fingerprint density at radius 3 is 0.770 bits per heavy atom. The van der Waals surface area contributed by atoms with E-state index in [9.17, 15) is 43.2 Å². The van der Waals surface area contributed by atoms with Crippen molar-refractivity contribution >= 4 is 39.5 Å². The lowest BCUT2D eigenvalue weighted by atomic mass is 10.0. The normalized spacial score (nSPS) is 14.0. The van der Waals surface area contributed by atoms with Crippen LogP contribution in [0.25, 0.3) is 0 Å². The van der Waals surface area contributed by atoms with E-state index >= 15 is 0 Å². The lowest BCUT2D eigenvalue weighted by molar-refractivity contribution is -0.161. The summed E-state index contributed by atoms with van der Waals surface area (Å²) < 4.78 is 68.7. The van der Waals surface area contributed by atoms with Crippen molar-refractivity contribution in [3.05, 3.63) is 36.5 Å². The zero-order valence-corrected chi connectivity index (χ0v) is 66.2. The van der Waals surface area contributed by atoms with Gasteiger partial charge in [0.15, 0.2) is 12.2 Å². The third kappa shape index (κ3) is 73.6. The summed E-state index contributed by atoms with van der Waals surface area (Å²) in [6.45, 7) is 4.93. The van der Waals surface area contributed by atoms with E-state index in [1.54, 1.807) is 0 Å². The van der Waals surface area contributed by atoms with Crippen LogP contribution >= 0.6 is 15.6 Å². The Labute approximate surface area is 611 Å². The van der Waals surface area contributed by atoms with Gasteiger partial charge in [-0.15, -0.1) is 0 Å². The largest absolute Gasteiger partial charge is 0.472 e. The fourth-order valence-electron chi connectivity index (χ4n) is 11.8. The minimum atomic E-state index is -4.97. The molecule has 0 aromatic rings. The lowest BCUT2D eigenvalue weighted by Crippen LogP contribution is -2.30. The van der Waals surface area contributed by atoms with Crippen LogP contribution in [0.4, 0.5) is 0 Å². The van der Waals surface area contributed by atoms with Crippen molar-refractivity contribution in [2.45, 2.75) is 418 Å². The summed E-state index contributed by atoms with van der Waals surface area (Å²) in [5, 5.41) is 10.6. The summed E-state index contributed by atoms with van der Waals surface area (Å²) in [5.41, 5.74) is 0. The van der Waals surface area contributed by atoms with Gasteiger partial charge in [-0.1, -0.05) is 327 Å². The van der Waals surface area contributed by atoms with E-state index < -0.39 is 97.5 Å². The van der Waals surface area contributed by atoms with E-state index in [1.807, 2.05) is 0 Å². The molecule has 0 bridgehead atoms. The quantitative estimate of drug-likeness (QED) is 0.0169. The zero-order valence-electron chi connectivity index (χ0n) is 64.4. The minimum Gasteiger partial charge on any atom is -0.462 e. The highest BCUT2D eigenvalue weighted by atomic mass is 31.2. The number of unbranched alkanes of at least 4 members (excludes halogenated alkanes) is 47. The molecule has 0 radical (unpaired) electrons. The molecule has 0 amide bonds. The average Bonchev–Trinajstić information content (AvgIpc) is 0.938. The number of esters is 4. The van der Waals surface area contributed by atoms with E-state index in [0.717, 1.165) is 128 Å². The molecule has 0 spiro atoms. The standard InChI is InChI=1S/C81H152O17P2/c1-5-9-13-17-21-25-29-33-36-37-40-44-48-52-56-60-64-68-81(86)98-77(72-92-79(84)66-62-58-54-50-46-42-38-34-30-26-22-18-14-10-6-2)74-96-100(89,90)94-70-75(82)69-93-99(87,88)95-73-76(71-91-78(83)65-61-57-53-49-45-41-32-28-24-20-16-12-8-4)97-80(85)67-63-59-55-51-47-43-39-35-31-27-23-19-15-11-7-3/h23,27,34-35,38-39,75-77,82H,5-22,24-26,28-33,36-37,40-74H2,1-4H3,(H,87,88)(H,89,90)/b27-23-,38-34-,39-35-/t75-,76+,77+/m0/s1. The van der Waals surface area contributed by atoms with Gasteiger partial charge in [-0.25, -0.2) is 9.13 Å². The van der Waals surface area contributed by atoms with Crippen molar-refractivity contribution in [3.63, 3.8) is 0 Å². The van der Waals surface area contributed by atoms with Crippen molar-refractivity contribution in [1.29, 1.82) is 0 Å². The highest BCUT2D eigenvalue weighted by Gasteiger charge is 2.30.